The first-order chi connectivity index (χ1) is 19.4. The number of likely N-dealkylation sites (tertiary alicyclic amines) is 1. The van der Waals surface area contributed by atoms with Crippen molar-refractivity contribution in [3.63, 3.8) is 0 Å². The maximum Gasteiger partial charge on any atom is 0.259 e. The van der Waals surface area contributed by atoms with Crippen LogP contribution in [0.15, 0.2) is 35.1 Å². The van der Waals surface area contributed by atoms with Crippen molar-refractivity contribution in [2.75, 3.05) is 39.9 Å². The van der Waals surface area contributed by atoms with Gasteiger partial charge >= 0.3 is 0 Å². The van der Waals surface area contributed by atoms with E-state index in [9.17, 15) is 50.1 Å². The third-order valence-corrected chi connectivity index (χ3v) is 6.89. The van der Waals surface area contributed by atoms with E-state index in [0.717, 1.165) is 4.90 Å². The quantitative estimate of drug-likeness (QED) is 0.0555. The van der Waals surface area contributed by atoms with Gasteiger partial charge in [-0.25, -0.2) is 0 Å². The minimum absolute atomic E-state index is 0.0133. The summed E-state index contributed by atoms with van der Waals surface area (Å²) in [5.74, 6) is -7.19. The highest BCUT2D eigenvalue weighted by Gasteiger charge is 2.42. The Hall–Kier alpha value is -4.63. The van der Waals surface area contributed by atoms with Gasteiger partial charge in [-0.1, -0.05) is 6.58 Å². The number of phenols is 4. The van der Waals surface area contributed by atoms with Gasteiger partial charge in [0.15, 0.2) is 28.9 Å². The van der Waals surface area contributed by atoms with Crippen LogP contribution < -0.4 is 10.6 Å². The van der Waals surface area contributed by atoms with E-state index in [0.29, 0.717) is 32.6 Å². The van der Waals surface area contributed by atoms with Crippen molar-refractivity contribution in [1.29, 1.82) is 0 Å². The Bertz CT molecular complexity index is 1280. The lowest BCUT2D eigenvalue weighted by molar-refractivity contribution is -0.136. The molecule has 2 saturated heterocycles. The number of amides is 2. The Kier molecular flexibility index (Phi) is 9.91. The first-order valence-corrected chi connectivity index (χ1v) is 12.7. The van der Waals surface area contributed by atoms with Crippen LogP contribution >= 0.6 is 0 Å². The molecule has 224 valence electrons. The molecule has 2 aliphatic rings. The number of aromatic hydroxyl groups is 4. The van der Waals surface area contributed by atoms with E-state index in [2.05, 4.69) is 17.2 Å². The Morgan fingerprint density at radius 3 is 2.27 bits per heavy atom. The fourth-order valence-electron chi connectivity index (χ4n) is 4.63. The average molecular weight is 579 g/mol. The highest BCUT2D eigenvalue weighted by molar-refractivity contribution is 6.04. The van der Waals surface area contributed by atoms with Crippen LogP contribution in [0.5, 0.6) is 23.0 Å². The number of phenolic OH excluding ortho intramolecular Hbond substituents is 4. The van der Waals surface area contributed by atoms with E-state index < -0.39 is 76.9 Å². The van der Waals surface area contributed by atoms with Crippen LogP contribution in [0.25, 0.3) is 0 Å². The van der Waals surface area contributed by atoms with Gasteiger partial charge in [-0.05, 0) is 6.42 Å². The second kappa shape index (κ2) is 13.1. The van der Waals surface area contributed by atoms with Crippen LogP contribution in [0.3, 0.4) is 0 Å². The monoisotopic (exact) mass is 578 g/mol. The third-order valence-electron chi connectivity index (χ3n) is 6.89. The molecule has 0 radical (unpaired) electrons. The molecule has 41 heavy (non-hydrogen) atoms. The number of hydrogen-bond donors (Lipinski definition) is 9. The van der Waals surface area contributed by atoms with Gasteiger partial charge in [0.1, 0.15) is 18.1 Å². The Labute approximate surface area is 234 Å². The number of aldehydes is 1. The predicted octanol–water partition coefficient (Wildman–Crippen LogP) is 0.0201. The number of rotatable bonds is 11. The largest absolute Gasteiger partial charge is 0.507 e. The number of nitrogens with zero attached hydrogens (tertiary/aromatic N) is 2. The van der Waals surface area contributed by atoms with Gasteiger partial charge in [0.05, 0.1) is 43.0 Å². The van der Waals surface area contributed by atoms with E-state index in [-0.39, 0.29) is 36.1 Å². The number of hydrogen-bond acceptors (Lipinski definition) is 13. The van der Waals surface area contributed by atoms with Gasteiger partial charge in [-0.15, -0.1) is 0 Å². The fraction of sp³-hybridized carbons (Fsp3) is 0.423. The summed E-state index contributed by atoms with van der Waals surface area (Å²) in [6.07, 6.45) is 0.429. The molecule has 2 amide bonds. The third kappa shape index (κ3) is 6.41. The lowest BCUT2D eigenvalue weighted by atomic mass is 10.0. The Morgan fingerprint density at radius 2 is 1.68 bits per heavy atom. The molecule has 1 unspecified atom stereocenters. The molecule has 0 spiro atoms. The zero-order chi connectivity index (χ0) is 30.4. The van der Waals surface area contributed by atoms with Crippen molar-refractivity contribution in [3.05, 3.63) is 46.3 Å². The molecule has 1 aromatic carbocycles. The number of aliphatic hydroxyl groups excluding tert-OH is 3. The molecule has 0 aliphatic carbocycles. The van der Waals surface area contributed by atoms with E-state index in [1.165, 1.54) is 7.05 Å². The van der Waals surface area contributed by atoms with E-state index >= 15 is 0 Å². The maximum absolute atomic E-state index is 13.2. The average Bonchev–Trinajstić information content (AvgIpc) is 3.30. The van der Waals surface area contributed by atoms with Crippen molar-refractivity contribution in [3.8, 4) is 23.0 Å². The first-order valence-electron chi connectivity index (χ1n) is 12.7. The van der Waals surface area contributed by atoms with Crippen molar-refractivity contribution in [2.24, 2.45) is 0 Å². The number of morpholine rings is 1. The number of nitrogens with one attached hydrogen (secondary N) is 2. The molecule has 1 aromatic rings. The molecular weight excluding hydrogens is 544 g/mol. The minimum atomic E-state index is -1.16. The van der Waals surface area contributed by atoms with E-state index in [4.69, 9.17) is 4.74 Å². The molecule has 0 saturated carbocycles. The smallest absolute Gasteiger partial charge is 0.259 e. The second-order valence-electron chi connectivity index (χ2n) is 9.40. The molecular formula is C26H34N4O11. The summed E-state index contributed by atoms with van der Waals surface area (Å²) < 4.78 is 5.28. The van der Waals surface area contributed by atoms with Gasteiger partial charge in [0.25, 0.3) is 5.91 Å². The summed E-state index contributed by atoms with van der Waals surface area (Å²) in [6, 6.07) is -1.16. The number of likely N-dealkylation sites (N-methyl/N-ethyl adjacent to an activating group) is 1. The zero-order valence-electron chi connectivity index (χ0n) is 22.4. The van der Waals surface area contributed by atoms with Gasteiger partial charge in [-0.3, -0.25) is 14.5 Å². The van der Waals surface area contributed by atoms with Crippen LogP contribution in [0.1, 0.15) is 24.0 Å². The van der Waals surface area contributed by atoms with Gasteiger partial charge in [-0.2, -0.15) is 0 Å². The summed E-state index contributed by atoms with van der Waals surface area (Å²) in [5, 5.41) is 78.0. The zero-order valence-corrected chi connectivity index (χ0v) is 22.4. The van der Waals surface area contributed by atoms with Gasteiger partial charge in [0, 0.05) is 38.7 Å². The highest BCUT2D eigenvalue weighted by Crippen LogP contribution is 2.47. The molecule has 1 atom stereocenters. The summed E-state index contributed by atoms with van der Waals surface area (Å²) in [5.41, 5.74) is -1.21. The van der Waals surface area contributed by atoms with Crippen molar-refractivity contribution < 1.29 is 54.9 Å². The first kappa shape index (κ1) is 30.9. The lowest BCUT2D eigenvalue weighted by Crippen LogP contribution is -2.46. The van der Waals surface area contributed by atoms with Crippen LogP contribution in [0.2, 0.25) is 0 Å². The van der Waals surface area contributed by atoms with Crippen molar-refractivity contribution in [1.82, 2.24) is 20.4 Å². The number of aliphatic hydroxyl groups is 3. The van der Waals surface area contributed by atoms with Gasteiger partial charge < -0.3 is 60.8 Å². The maximum atomic E-state index is 13.2. The number of benzene rings is 1. The summed E-state index contributed by atoms with van der Waals surface area (Å²) >= 11 is 0. The molecule has 15 nitrogen and oxygen atoms in total. The second-order valence-corrected chi connectivity index (χ2v) is 9.40. The normalized spacial score (nSPS) is 19.0. The molecule has 2 heterocycles. The Morgan fingerprint density at radius 1 is 1.05 bits per heavy atom. The van der Waals surface area contributed by atoms with E-state index in [1.807, 2.05) is 4.90 Å². The van der Waals surface area contributed by atoms with Crippen LogP contribution in [-0.4, -0.2) is 110 Å². The molecule has 3 rings (SSSR count). The fourth-order valence-corrected chi connectivity index (χ4v) is 4.63. The lowest BCUT2D eigenvalue weighted by Gasteiger charge is -2.27. The van der Waals surface area contributed by atoms with Crippen LogP contribution in [0.4, 0.5) is 0 Å². The molecule has 0 aromatic heterocycles. The van der Waals surface area contributed by atoms with Crippen molar-refractivity contribution >= 4 is 18.1 Å². The SMILES string of the molecule is C=C(O)/C(O)=C1/C(=O)N(C(CCC=O)C(=O)NC)C/C1=C(/O)NCc1c(O)c(O)c(O)c(CN2CCOCC2)c1O. The van der Waals surface area contributed by atoms with E-state index in [1.54, 1.807) is 0 Å². The molecule has 15 heteroatoms. The molecule has 2 fully saturated rings. The summed E-state index contributed by atoms with van der Waals surface area (Å²) in [4.78, 5) is 39.5. The van der Waals surface area contributed by atoms with Crippen LogP contribution in [0, 0.1) is 0 Å². The number of carbonyl (C=O) groups is 3. The molecule has 9 N–H and O–H groups in total. The number of carbonyl (C=O) groups excluding carboxylic acids is 3. The van der Waals surface area contributed by atoms with Crippen molar-refractivity contribution in [2.45, 2.75) is 32.0 Å². The minimum Gasteiger partial charge on any atom is -0.507 e. The summed E-state index contributed by atoms with van der Waals surface area (Å²) in [6.45, 7) is 4.05. The summed E-state index contributed by atoms with van der Waals surface area (Å²) in [7, 11) is 1.33. The van der Waals surface area contributed by atoms with Gasteiger partial charge in [0.2, 0.25) is 11.7 Å². The molecule has 0 bridgehead atoms. The van der Waals surface area contributed by atoms with Crippen LogP contribution in [-0.2, 0) is 32.2 Å². The Balaban J connectivity index is 1.98. The number of ether oxygens (including phenoxy) is 1. The topological polar surface area (TPSA) is 233 Å². The predicted molar refractivity (Wildman–Crippen MR) is 142 cm³/mol. The molecule has 2 aliphatic heterocycles. The standard InChI is InChI=1S/C26H34N4O11/c1-13(32)19(33)18-15(12-30(26(18)40)17(4-3-7-31)25(39)27-2)24(38)28-10-14-20(34)16(22(36)23(37)21(14)35)11-29-5-8-41-9-6-29/h7,17,28,32-38H,1,3-6,8-12H2,2H3,(H,27,39)/b19-18-,24-15-. The highest BCUT2D eigenvalue weighted by atomic mass is 16.5.